The Hall–Kier alpha value is -1.07. The highest BCUT2D eigenvalue weighted by atomic mass is 19.1. The summed E-state index contributed by atoms with van der Waals surface area (Å²) in [5.74, 6) is -0.174. The van der Waals surface area contributed by atoms with Crippen molar-refractivity contribution in [3.05, 3.63) is 40.9 Å². The van der Waals surface area contributed by atoms with E-state index in [4.69, 9.17) is 0 Å². The van der Waals surface area contributed by atoms with Crippen molar-refractivity contribution in [1.29, 1.82) is 0 Å². The van der Waals surface area contributed by atoms with Crippen LogP contribution in [0.2, 0.25) is 0 Å². The molecule has 0 aromatic heterocycles. The summed E-state index contributed by atoms with van der Waals surface area (Å²) in [7, 11) is 0. The molecule has 0 aliphatic heterocycles. The van der Waals surface area contributed by atoms with E-state index in [0.29, 0.717) is 6.42 Å². The zero-order chi connectivity index (χ0) is 8.97. The minimum atomic E-state index is -0.174. The minimum absolute atomic E-state index is 0.174. The van der Waals surface area contributed by atoms with Crippen LogP contribution in [0, 0.1) is 0 Å². The van der Waals surface area contributed by atoms with Crippen molar-refractivity contribution < 1.29 is 4.39 Å². The standard InChI is InChI=1S/C11H13F/c1-3-10-7-9(2)5-4-6-11(12)8-10/h4-5,7H,3,6H2,1-2H3/b5-4-,9-7-. The Kier molecular flexibility index (Phi) is 3.07. The Balaban J connectivity index is 3.07. The van der Waals surface area contributed by atoms with Crippen molar-refractivity contribution in [1.82, 2.24) is 0 Å². The molecule has 12 heavy (non-hydrogen) atoms. The summed E-state index contributed by atoms with van der Waals surface area (Å²) >= 11 is 0. The average Bonchev–Trinajstić information content (AvgIpc) is 2.00. The minimum Gasteiger partial charge on any atom is -0.202 e. The first kappa shape index (κ1) is 9.02. The molecule has 1 heteroatoms. The Morgan fingerprint density at radius 1 is 1.58 bits per heavy atom. The van der Waals surface area contributed by atoms with Crippen LogP contribution in [0.4, 0.5) is 4.39 Å². The molecule has 64 valence electrons. The summed E-state index contributed by atoms with van der Waals surface area (Å²) < 4.78 is 12.9. The summed E-state index contributed by atoms with van der Waals surface area (Å²) in [5, 5.41) is 0. The third kappa shape index (κ3) is 2.52. The number of halogens is 1. The molecule has 0 aromatic rings. The second-order valence-electron chi connectivity index (χ2n) is 2.90. The van der Waals surface area contributed by atoms with E-state index in [1.807, 2.05) is 32.1 Å². The van der Waals surface area contributed by atoms with Gasteiger partial charge in [-0.3, -0.25) is 0 Å². The zero-order valence-corrected chi connectivity index (χ0v) is 7.52. The predicted molar refractivity (Wildman–Crippen MR) is 49.5 cm³/mol. The number of allylic oxidation sites excluding steroid dienone is 5. The average molecular weight is 164 g/mol. The molecule has 0 fully saturated rings. The fourth-order valence-corrected chi connectivity index (χ4v) is 1.12. The van der Waals surface area contributed by atoms with Crippen LogP contribution >= 0.6 is 0 Å². The van der Waals surface area contributed by atoms with Crippen LogP contribution in [-0.2, 0) is 0 Å². The number of rotatable bonds is 1. The highest BCUT2D eigenvalue weighted by Gasteiger charge is 1.96. The van der Waals surface area contributed by atoms with Gasteiger partial charge in [-0.1, -0.05) is 30.4 Å². The summed E-state index contributed by atoms with van der Waals surface area (Å²) in [6, 6.07) is 0. The van der Waals surface area contributed by atoms with E-state index in [1.165, 1.54) is 0 Å². The molecule has 0 heterocycles. The third-order valence-electron chi connectivity index (χ3n) is 1.76. The smallest absolute Gasteiger partial charge is 0.146 e. The molecule has 0 saturated carbocycles. The van der Waals surface area contributed by atoms with Gasteiger partial charge in [0.1, 0.15) is 5.83 Å². The Morgan fingerprint density at radius 2 is 2.33 bits per heavy atom. The van der Waals surface area contributed by atoms with Gasteiger partial charge >= 0.3 is 0 Å². The van der Waals surface area contributed by atoms with Crippen molar-refractivity contribution in [2.45, 2.75) is 26.7 Å². The van der Waals surface area contributed by atoms with Gasteiger partial charge in [-0.2, -0.15) is 0 Å². The van der Waals surface area contributed by atoms with E-state index >= 15 is 0 Å². The normalized spacial score (nSPS) is 24.4. The number of hydrogen-bond donors (Lipinski definition) is 0. The molecule has 0 bridgehead atoms. The second kappa shape index (κ2) is 4.08. The van der Waals surface area contributed by atoms with Gasteiger partial charge in [0.25, 0.3) is 0 Å². The molecule has 0 N–H and O–H groups in total. The molecule has 0 aromatic carbocycles. The van der Waals surface area contributed by atoms with Crippen LogP contribution in [0.5, 0.6) is 0 Å². The zero-order valence-electron chi connectivity index (χ0n) is 7.52. The number of hydrogen-bond acceptors (Lipinski definition) is 0. The molecule has 0 nitrogen and oxygen atoms in total. The van der Waals surface area contributed by atoms with Crippen molar-refractivity contribution in [2.75, 3.05) is 0 Å². The van der Waals surface area contributed by atoms with Crippen LogP contribution in [-0.4, -0.2) is 0 Å². The Labute approximate surface area is 72.8 Å². The van der Waals surface area contributed by atoms with Crippen LogP contribution < -0.4 is 0 Å². The molecular weight excluding hydrogens is 151 g/mol. The van der Waals surface area contributed by atoms with Crippen molar-refractivity contribution >= 4 is 0 Å². The van der Waals surface area contributed by atoms with Crippen LogP contribution in [0.25, 0.3) is 0 Å². The van der Waals surface area contributed by atoms with Crippen molar-refractivity contribution in [2.24, 2.45) is 0 Å². The van der Waals surface area contributed by atoms with E-state index in [-0.39, 0.29) is 5.83 Å². The molecule has 1 aliphatic rings. The summed E-state index contributed by atoms with van der Waals surface area (Å²) in [6.45, 7) is 4.02. The first-order valence-electron chi connectivity index (χ1n) is 4.21. The van der Waals surface area contributed by atoms with Gasteiger partial charge in [-0.25, -0.2) is 4.39 Å². The van der Waals surface area contributed by atoms with E-state index < -0.39 is 0 Å². The SMILES string of the molecule is CCC1=C=C(F)C/C=C\C(C)=C/1. The van der Waals surface area contributed by atoms with Crippen molar-refractivity contribution in [3.63, 3.8) is 0 Å². The van der Waals surface area contributed by atoms with Crippen LogP contribution in [0.3, 0.4) is 0 Å². The Bertz CT molecular complexity index is 286. The van der Waals surface area contributed by atoms with E-state index in [0.717, 1.165) is 17.6 Å². The lowest BCUT2D eigenvalue weighted by Crippen LogP contribution is -1.80. The fraction of sp³-hybridized carbons (Fsp3) is 0.364. The molecule has 0 radical (unpaired) electrons. The van der Waals surface area contributed by atoms with Gasteiger partial charge in [0.2, 0.25) is 0 Å². The maximum Gasteiger partial charge on any atom is 0.146 e. The van der Waals surface area contributed by atoms with Gasteiger partial charge in [0.05, 0.1) is 0 Å². The first-order chi connectivity index (χ1) is 5.72. The summed E-state index contributed by atoms with van der Waals surface area (Å²) in [4.78, 5) is 0. The monoisotopic (exact) mass is 164 g/mol. The molecule has 0 amide bonds. The van der Waals surface area contributed by atoms with Gasteiger partial charge < -0.3 is 0 Å². The van der Waals surface area contributed by atoms with E-state index in [2.05, 4.69) is 5.73 Å². The van der Waals surface area contributed by atoms with Crippen LogP contribution in [0.1, 0.15) is 26.7 Å². The van der Waals surface area contributed by atoms with Gasteiger partial charge in [-0.05, 0) is 25.0 Å². The third-order valence-corrected chi connectivity index (χ3v) is 1.76. The molecule has 1 aliphatic carbocycles. The quantitative estimate of drug-likeness (QED) is 0.518. The van der Waals surface area contributed by atoms with Crippen LogP contribution in [0.15, 0.2) is 40.9 Å². The summed E-state index contributed by atoms with van der Waals surface area (Å²) in [5.41, 5.74) is 4.84. The largest absolute Gasteiger partial charge is 0.202 e. The van der Waals surface area contributed by atoms with Crippen molar-refractivity contribution in [3.8, 4) is 0 Å². The Morgan fingerprint density at radius 3 is 3.00 bits per heavy atom. The topological polar surface area (TPSA) is 0 Å². The predicted octanol–water partition coefficient (Wildman–Crippen LogP) is 3.68. The lowest BCUT2D eigenvalue weighted by molar-refractivity contribution is 0.619. The van der Waals surface area contributed by atoms with Gasteiger partial charge in [-0.15, -0.1) is 0 Å². The highest BCUT2D eigenvalue weighted by molar-refractivity contribution is 5.31. The lowest BCUT2D eigenvalue weighted by atomic mass is 10.1. The second-order valence-corrected chi connectivity index (χ2v) is 2.90. The fourth-order valence-electron chi connectivity index (χ4n) is 1.12. The van der Waals surface area contributed by atoms with Gasteiger partial charge in [0.15, 0.2) is 0 Å². The maximum atomic E-state index is 12.9. The lowest BCUT2D eigenvalue weighted by Gasteiger charge is -1.98. The van der Waals surface area contributed by atoms with E-state index in [9.17, 15) is 4.39 Å². The van der Waals surface area contributed by atoms with Gasteiger partial charge in [0, 0.05) is 6.42 Å². The molecule has 0 unspecified atom stereocenters. The molecule has 0 saturated heterocycles. The first-order valence-corrected chi connectivity index (χ1v) is 4.21. The molecular formula is C11H13F. The molecule has 1 rings (SSSR count). The van der Waals surface area contributed by atoms with E-state index in [1.54, 1.807) is 0 Å². The highest BCUT2D eigenvalue weighted by Crippen LogP contribution is 2.13. The summed E-state index contributed by atoms with van der Waals surface area (Å²) in [6.07, 6.45) is 6.93. The molecule has 0 spiro atoms. The maximum absolute atomic E-state index is 12.9. The molecule has 0 atom stereocenters.